The van der Waals surface area contributed by atoms with Crippen LogP contribution in [0.4, 0.5) is 0 Å². The Morgan fingerprint density at radius 1 is 1.03 bits per heavy atom. The number of benzene rings is 2. The molecule has 200 valence electrons. The number of amides is 1. The second-order valence-corrected chi connectivity index (χ2v) is 11.8. The summed E-state index contributed by atoms with van der Waals surface area (Å²) in [6.45, 7) is 7.64. The fraction of sp³-hybridized carbons (Fsp3) is 0.419. The van der Waals surface area contributed by atoms with Crippen molar-refractivity contribution in [3.63, 3.8) is 0 Å². The topological polar surface area (TPSA) is 65.9 Å². The van der Waals surface area contributed by atoms with Gasteiger partial charge in [-0.25, -0.2) is 4.98 Å². The molecule has 38 heavy (non-hydrogen) atoms. The van der Waals surface area contributed by atoms with Crippen LogP contribution in [0.5, 0.6) is 11.6 Å². The van der Waals surface area contributed by atoms with Gasteiger partial charge in [-0.15, -0.1) is 0 Å². The van der Waals surface area contributed by atoms with E-state index in [0.29, 0.717) is 30.5 Å². The number of hydrogen-bond acceptors (Lipinski definition) is 5. The minimum absolute atomic E-state index is 0.0470. The van der Waals surface area contributed by atoms with Crippen molar-refractivity contribution in [2.75, 3.05) is 26.2 Å². The summed E-state index contributed by atoms with van der Waals surface area (Å²) in [6, 6.07) is 19.5. The number of likely N-dealkylation sites (tertiary alicyclic amines) is 2. The van der Waals surface area contributed by atoms with Gasteiger partial charge in [0, 0.05) is 41.3 Å². The molecule has 5 rings (SSSR count). The third kappa shape index (κ3) is 5.74. The monoisotopic (exact) mass is 577 g/mol. The molecule has 2 aliphatic heterocycles. The maximum Gasteiger partial charge on any atom is 0.257 e. The summed E-state index contributed by atoms with van der Waals surface area (Å²) >= 11 is 3.55. The number of nitrogens with zero attached hydrogens (tertiary/aromatic N) is 3. The number of pyridine rings is 1. The second-order valence-electron chi connectivity index (χ2n) is 10.8. The zero-order chi connectivity index (χ0) is 26.7. The summed E-state index contributed by atoms with van der Waals surface area (Å²) in [6.07, 6.45) is 5.67. The normalized spacial score (nSPS) is 19.2. The lowest BCUT2D eigenvalue weighted by Crippen LogP contribution is -2.56. The molecule has 0 bridgehead atoms. The molecule has 1 amide bonds. The van der Waals surface area contributed by atoms with Crippen LogP contribution in [0.2, 0.25) is 0 Å². The number of aryl methyl sites for hydroxylation is 1. The van der Waals surface area contributed by atoms with Gasteiger partial charge >= 0.3 is 0 Å². The summed E-state index contributed by atoms with van der Waals surface area (Å²) in [4.78, 5) is 22.1. The summed E-state index contributed by atoms with van der Waals surface area (Å²) in [5.41, 5.74) is 2.49. The SMILES string of the molecule is Cc1cccc(O)c1C(=O)N1CCC(C)(N2CCC(C(Oc3ccccn3)c3ccc(Br)cc3)CC2)CC1. The lowest BCUT2D eigenvalue weighted by Gasteiger charge is -2.49. The van der Waals surface area contributed by atoms with Crippen molar-refractivity contribution in [2.45, 2.75) is 51.2 Å². The number of piperidine rings is 2. The molecule has 2 saturated heterocycles. The lowest BCUT2D eigenvalue weighted by atomic mass is 9.82. The van der Waals surface area contributed by atoms with Gasteiger partial charge in [0.2, 0.25) is 5.88 Å². The molecule has 2 aromatic carbocycles. The van der Waals surface area contributed by atoms with Crippen LogP contribution < -0.4 is 4.74 Å². The smallest absolute Gasteiger partial charge is 0.257 e. The van der Waals surface area contributed by atoms with Crippen molar-refractivity contribution in [3.8, 4) is 11.6 Å². The summed E-state index contributed by atoms with van der Waals surface area (Å²) in [5.74, 6) is 1.05. The average molecular weight is 579 g/mol. The van der Waals surface area contributed by atoms with Gasteiger partial charge in [-0.3, -0.25) is 9.69 Å². The van der Waals surface area contributed by atoms with Crippen LogP contribution in [0.25, 0.3) is 0 Å². The first-order valence-electron chi connectivity index (χ1n) is 13.5. The van der Waals surface area contributed by atoms with Crippen LogP contribution in [0.1, 0.15) is 60.2 Å². The highest BCUT2D eigenvalue weighted by molar-refractivity contribution is 9.10. The largest absolute Gasteiger partial charge is 0.507 e. The van der Waals surface area contributed by atoms with Gasteiger partial charge < -0.3 is 14.7 Å². The van der Waals surface area contributed by atoms with Crippen LogP contribution in [-0.4, -0.2) is 57.5 Å². The van der Waals surface area contributed by atoms with E-state index >= 15 is 0 Å². The zero-order valence-electron chi connectivity index (χ0n) is 22.1. The fourth-order valence-corrected chi connectivity index (χ4v) is 6.24. The van der Waals surface area contributed by atoms with E-state index in [0.717, 1.165) is 48.8 Å². The molecule has 7 heteroatoms. The first-order valence-corrected chi connectivity index (χ1v) is 14.3. The Kier molecular flexibility index (Phi) is 8.05. The van der Waals surface area contributed by atoms with Gasteiger partial charge in [-0.05, 0) is 88.0 Å². The molecule has 2 aliphatic rings. The van der Waals surface area contributed by atoms with Crippen molar-refractivity contribution in [2.24, 2.45) is 5.92 Å². The molecule has 3 heterocycles. The van der Waals surface area contributed by atoms with Crippen molar-refractivity contribution in [1.29, 1.82) is 0 Å². The van der Waals surface area contributed by atoms with Crippen LogP contribution >= 0.6 is 15.9 Å². The number of carbonyl (C=O) groups is 1. The van der Waals surface area contributed by atoms with Crippen LogP contribution in [0.15, 0.2) is 71.3 Å². The van der Waals surface area contributed by atoms with E-state index in [-0.39, 0.29) is 23.3 Å². The van der Waals surface area contributed by atoms with E-state index in [1.54, 1.807) is 18.3 Å². The molecular weight excluding hydrogens is 542 g/mol. The standard InChI is InChI=1S/C31H36BrN3O3/c1-22-6-5-7-26(36)28(22)30(37)34-20-15-31(2,16-21-34)35-18-13-24(14-19-35)29(23-9-11-25(32)12-10-23)38-27-8-3-4-17-33-27/h3-12,17,24,29,36H,13-16,18-21H2,1-2H3. The van der Waals surface area contributed by atoms with E-state index < -0.39 is 0 Å². The molecule has 0 spiro atoms. The van der Waals surface area contributed by atoms with Gasteiger partial charge in [0.25, 0.3) is 5.91 Å². The van der Waals surface area contributed by atoms with Gasteiger partial charge in [0.15, 0.2) is 0 Å². The Morgan fingerprint density at radius 3 is 2.37 bits per heavy atom. The number of rotatable bonds is 6. The predicted octanol–water partition coefficient (Wildman–Crippen LogP) is 6.39. The third-order valence-corrected chi connectivity index (χ3v) is 8.94. The minimum Gasteiger partial charge on any atom is -0.507 e. The number of ether oxygens (including phenoxy) is 1. The molecule has 0 radical (unpaired) electrons. The lowest BCUT2D eigenvalue weighted by molar-refractivity contribution is -0.00617. The first kappa shape index (κ1) is 26.7. The maximum absolute atomic E-state index is 13.2. The van der Waals surface area contributed by atoms with Crippen molar-refractivity contribution in [3.05, 3.63) is 88.0 Å². The molecule has 2 fully saturated rings. The number of halogens is 1. The first-order chi connectivity index (χ1) is 18.3. The van der Waals surface area contributed by atoms with Crippen LogP contribution in [0.3, 0.4) is 0 Å². The second kappa shape index (κ2) is 11.5. The van der Waals surface area contributed by atoms with Crippen LogP contribution in [-0.2, 0) is 0 Å². The number of aromatic hydroxyl groups is 1. The van der Waals surface area contributed by atoms with Crippen molar-refractivity contribution >= 4 is 21.8 Å². The Labute approximate surface area is 233 Å². The molecule has 0 aliphatic carbocycles. The average Bonchev–Trinajstić information content (AvgIpc) is 2.93. The Balaban J connectivity index is 1.22. The van der Waals surface area contributed by atoms with Gasteiger partial charge in [-0.2, -0.15) is 0 Å². The highest BCUT2D eigenvalue weighted by Gasteiger charge is 2.40. The van der Waals surface area contributed by atoms with E-state index in [1.807, 2.05) is 36.1 Å². The quantitative estimate of drug-likeness (QED) is 0.368. The minimum atomic E-state index is -0.0645. The molecule has 1 unspecified atom stereocenters. The zero-order valence-corrected chi connectivity index (χ0v) is 23.7. The summed E-state index contributed by atoms with van der Waals surface area (Å²) in [5, 5.41) is 10.3. The maximum atomic E-state index is 13.2. The number of aromatic nitrogens is 1. The van der Waals surface area contributed by atoms with Gasteiger partial charge in [0.05, 0.1) is 5.56 Å². The molecular formula is C31H36BrN3O3. The fourth-order valence-electron chi connectivity index (χ4n) is 5.97. The van der Waals surface area contributed by atoms with E-state index in [9.17, 15) is 9.90 Å². The number of carbonyl (C=O) groups excluding carboxylic acids is 1. The number of phenols is 1. The molecule has 0 saturated carbocycles. The van der Waals surface area contributed by atoms with Gasteiger partial charge in [0.1, 0.15) is 11.9 Å². The summed E-state index contributed by atoms with van der Waals surface area (Å²) < 4.78 is 7.54. The third-order valence-electron chi connectivity index (χ3n) is 8.41. The van der Waals surface area contributed by atoms with E-state index in [1.165, 1.54) is 5.56 Å². The molecule has 3 aromatic rings. The van der Waals surface area contributed by atoms with Crippen LogP contribution in [0, 0.1) is 12.8 Å². The molecule has 1 atom stereocenters. The predicted molar refractivity (Wildman–Crippen MR) is 152 cm³/mol. The van der Waals surface area contributed by atoms with Gasteiger partial charge in [-0.1, -0.05) is 46.3 Å². The molecule has 6 nitrogen and oxygen atoms in total. The Morgan fingerprint density at radius 2 is 1.74 bits per heavy atom. The highest BCUT2D eigenvalue weighted by atomic mass is 79.9. The Bertz CT molecular complexity index is 1210. The number of phenolic OH excluding ortho intramolecular Hbond substituents is 1. The van der Waals surface area contributed by atoms with E-state index in [4.69, 9.17) is 4.74 Å². The summed E-state index contributed by atoms with van der Waals surface area (Å²) in [7, 11) is 0. The Hall–Kier alpha value is -2.90. The molecule has 1 aromatic heterocycles. The highest BCUT2D eigenvalue weighted by Crippen LogP contribution is 2.39. The molecule has 1 N–H and O–H groups in total. The van der Waals surface area contributed by atoms with Crippen molar-refractivity contribution < 1.29 is 14.6 Å². The number of hydrogen-bond donors (Lipinski definition) is 1. The van der Waals surface area contributed by atoms with E-state index in [2.05, 4.69) is 57.0 Å². The van der Waals surface area contributed by atoms with Crippen molar-refractivity contribution in [1.82, 2.24) is 14.8 Å².